The molecular weight excluding hydrogens is 222 g/mol. The fraction of sp³-hybridized carbons (Fsp3) is 0.833. The van der Waals surface area contributed by atoms with Crippen molar-refractivity contribution in [2.24, 2.45) is 11.8 Å². The van der Waals surface area contributed by atoms with Crippen molar-refractivity contribution in [3.05, 3.63) is 0 Å². The highest BCUT2D eigenvalue weighted by Crippen LogP contribution is 2.35. The molecule has 0 radical (unpaired) electrons. The number of esters is 1. The van der Waals surface area contributed by atoms with Crippen molar-refractivity contribution in [3.63, 3.8) is 0 Å². The summed E-state index contributed by atoms with van der Waals surface area (Å²) in [6, 6.07) is 0. The van der Waals surface area contributed by atoms with Crippen molar-refractivity contribution in [2.45, 2.75) is 31.8 Å². The lowest BCUT2D eigenvalue weighted by molar-refractivity contribution is -0.151. The Morgan fingerprint density at radius 2 is 1.76 bits per heavy atom. The maximum Gasteiger partial charge on any atom is 0.309 e. The summed E-state index contributed by atoms with van der Waals surface area (Å²) in [6.07, 6.45) is 2.23. The summed E-state index contributed by atoms with van der Waals surface area (Å²) in [5.41, 5.74) is 0. The van der Waals surface area contributed by atoms with Gasteiger partial charge in [-0.1, -0.05) is 0 Å². The van der Waals surface area contributed by atoms with Gasteiger partial charge in [-0.25, -0.2) is 0 Å². The van der Waals surface area contributed by atoms with E-state index in [2.05, 4.69) is 0 Å². The number of rotatable bonds is 2. The lowest BCUT2D eigenvalue weighted by Crippen LogP contribution is -2.37. The number of nitrogens with zero attached hydrogens (tertiary/aromatic N) is 1. The molecule has 2 rings (SSSR count). The number of methoxy groups -OCH3 is 1. The first kappa shape index (κ1) is 12.4. The Labute approximate surface area is 101 Å². The molecule has 3 atom stereocenters. The summed E-state index contributed by atoms with van der Waals surface area (Å²) < 4.78 is 4.70. The first-order chi connectivity index (χ1) is 8.13. The van der Waals surface area contributed by atoms with E-state index in [9.17, 15) is 14.7 Å². The van der Waals surface area contributed by atoms with Crippen LogP contribution in [0.5, 0.6) is 0 Å². The van der Waals surface area contributed by atoms with Crippen LogP contribution in [0.3, 0.4) is 0 Å². The van der Waals surface area contributed by atoms with Gasteiger partial charge in [-0.2, -0.15) is 0 Å². The molecular formula is C12H19NO4. The summed E-state index contributed by atoms with van der Waals surface area (Å²) in [5.74, 6) is -1.23. The van der Waals surface area contributed by atoms with Crippen LogP contribution in [-0.2, 0) is 14.3 Å². The van der Waals surface area contributed by atoms with Crippen molar-refractivity contribution >= 4 is 11.9 Å². The molecule has 1 saturated heterocycles. The number of carbonyl (C=O) groups excluding carboxylic acids is 2. The largest absolute Gasteiger partial charge is 0.469 e. The van der Waals surface area contributed by atoms with Crippen molar-refractivity contribution < 1.29 is 19.4 Å². The first-order valence-corrected chi connectivity index (χ1v) is 6.18. The molecule has 0 bridgehead atoms. The Balaban J connectivity index is 2.06. The maximum absolute atomic E-state index is 12.2. The highest BCUT2D eigenvalue weighted by Gasteiger charge is 2.44. The van der Waals surface area contributed by atoms with E-state index >= 15 is 0 Å². The van der Waals surface area contributed by atoms with Gasteiger partial charge in [-0.05, 0) is 25.7 Å². The van der Waals surface area contributed by atoms with Gasteiger partial charge in [0, 0.05) is 13.1 Å². The van der Waals surface area contributed by atoms with Gasteiger partial charge in [0.05, 0.1) is 25.0 Å². The number of likely N-dealkylation sites (tertiary alicyclic amines) is 1. The first-order valence-electron chi connectivity index (χ1n) is 6.18. The van der Waals surface area contributed by atoms with Crippen LogP contribution in [0.4, 0.5) is 0 Å². The molecule has 0 aromatic heterocycles. The Morgan fingerprint density at radius 1 is 1.18 bits per heavy atom. The van der Waals surface area contributed by atoms with Crippen LogP contribution in [0.15, 0.2) is 0 Å². The van der Waals surface area contributed by atoms with E-state index in [-0.39, 0.29) is 11.9 Å². The number of aliphatic hydroxyl groups is 1. The zero-order valence-corrected chi connectivity index (χ0v) is 10.1. The predicted octanol–water partition coefficient (Wildman–Crippen LogP) is 0.169. The van der Waals surface area contributed by atoms with E-state index in [0.29, 0.717) is 12.8 Å². The third kappa shape index (κ3) is 2.44. The minimum atomic E-state index is -0.560. The molecule has 96 valence electrons. The lowest BCUT2D eigenvalue weighted by Gasteiger charge is -2.23. The van der Waals surface area contributed by atoms with Gasteiger partial charge < -0.3 is 14.7 Å². The van der Waals surface area contributed by atoms with Crippen LogP contribution in [-0.4, -0.2) is 48.2 Å². The van der Waals surface area contributed by atoms with E-state index in [1.54, 1.807) is 4.90 Å². The zero-order valence-electron chi connectivity index (χ0n) is 10.1. The third-order valence-electron chi connectivity index (χ3n) is 3.78. The Kier molecular flexibility index (Phi) is 3.66. The molecule has 0 aromatic carbocycles. The monoisotopic (exact) mass is 241 g/mol. The average Bonchev–Trinajstić information content (AvgIpc) is 2.95. The minimum absolute atomic E-state index is 0.00875. The number of ether oxygens (including phenoxy) is 1. The van der Waals surface area contributed by atoms with Crippen molar-refractivity contribution in [1.82, 2.24) is 4.90 Å². The molecule has 0 aromatic rings. The molecule has 2 aliphatic rings. The smallest absolute Gasteiger partial charge is 0.309 e. The number of hydrogen-bond donors (Lipinski definition) is 1. The molecule has 1 amide bonds. The fourth-order valence-electron chi connectivity index (χ4n) is 2.87. The third-order valence-corrected chi connectivity index (χ3v) is 3.78. The second-order valence-corrected chi connectivity index (χ2v) is 4.89. The van der Waals surface area contributed by atoms with E-state index < -0.39 is 17.9 Å². The fourth-order valence-corrected chi connectivity index (χ4v) is 2.87. The Bertz CT molecular complexity index is 312. The molecule has 0 spiro atoms. The number of amides is 1. The molecule has 5 nitrogen and oxygen atoms in total. The van der Waals surface area contributed by atoms with Crippen LogP contribution < -0.4 is 0 Å². The molecule has 1 aliphatic heterocycles. The molecule has 0 unspecified atom stereocenters. The minimum Gasteiger partial charge on any atom is -0.469 e. The van der Waals surface area contributed by atoms with Crippen LogP contribution in [0.2, 0.25) is 0 Å². The highest BCUT2D eigenvalue weighted by atomic mass is 16.5. The topological polar surface area (TPSA) is 66.8 Å². The average molecular weight is 241 g/mol. The highest BCUT2D eigenvalue weighted by molar-refractivity contribution is 5.86. The van der Waals surface area contributed by atoms with E-state index in [1.807, 2.05) is 0 Å². The van der Waals surface area contributed by atoms with Gasteiger partial charge in [0.2, 0.25) is 5.91 Å². The molecule has 1 saturated carbocycles. The van der Waals surface area contributed by atoms with Crippen molar-refractivity contribution in [3.8, 4) is 0 Å². The van der Waals surface area contributed by atoms with E-state index in [0.717, 1.165) is 25.9 Å². The zero-order chi connectivity index (χ0) is 12.4. The quantitative estimate of drug-likeness (QED) is 0.700. The second-order valence-electron chi connectivity index (χ2n) is 4.89. The molecule has 5 heteroatoms. The number of carbonyl (C=O) groups is 2. The summed E-state index contributed by atoms with van der Waals surface area (Å²) in [5, 5.41) is 9.63. The van der Waals surface area contributed by atoms with Gasteiger partial charge in [0.15, 0.2) is 0 Å². The maximum atomic E-state index is 12.2. The second kappa shape index (κ2) is 5.04. The Morgan fingerprint density at radius 3 is 2.35 bits per heavy atom. The van der Waals surface area contributed by atoms with Gasteiger partial charge >= 0.3 is 5.97 Å². The Hall–Kier alpha value is -1.10. The number of hydrogen-bond acceptors (Lipinski definition) is 4. The van der Waals surface area contributed by atoms with E-state index in [1.165, 1.54) is 7.11 Å². The van der Waals surface area contributed by atoms with Crippen molar-refractivity contribution in [1.29, 1.82) is 0 Å². The molecule has 1 N–H and O–H groups in total. The normalized spacial score (nSPS) is 32.8. The van der Waals surface area contributed by atoms with Gasteiger partial charge in [-0.15, -0.1) is 0 Å². The molecule has 1 heterocycles. The molecule has 1 aliphatic carbocycles. The van der Waals surface area contributed by atoms with Crippen LogP contribution in [0.1, 0.15) is 25.7 Å². The van der Waals surface area contributed by atoms with Gasteiger partial charge in [0.25, 0.3) is 0 Å². The van der Waals surface area contributed by atoms with Crippen LogP contribution in [0.25, 0.3) is 0 Å². The summed E-state index contributed by atoms with van der Waals surface area (Å²) in [4.78, 5) is 25.6. The summed E-state index contributed by atoms with van der Waals surface area (Å²) in [6.45, 7) is 1.55. The van der Waals surface area contributed by atoms with Crippen LogP contribution >= 0.6 is 0 Å². The lowest BCUT2D eigenvalue weighted by atomic mass is 9.95. The van der Waals surface area contributed by atoms with Gasteiger partial charge in [0.1, 0.15) is 0 Å². The van der Waals surface area contributed by atoms with Crippen molar-refractivity contribution in [2.75, 3.05) is 20.2 Å². The van der Waals surface area contributed by atoms with E-state index in [4.69, 9.17) is 4.74 Å². The summed E-state index contributed by atoms with van der Waals surface area (Å²) >= 11 is 0. The summed E-state index contributed by atoms with van der Waals surface area (Å²) in [7, 11) is 1.32. The van der Waals surface area contributed by atoms with Crippen LogP contribution in [0, 0.1) is 11.8 Å². The SMILES string of the molecule is COC(=O)[C@@H]1C[C@@H](O)C[C@H]1C(=O)N1CCCC1. The molecule has 17 heavy (non-hydrogen) atoms. The predicted molar refractivity (Wildman–Crippen MR) is 60.1 cm³/mol. The molecule has 2 fully saturated rings. The standard InChI is InChI=1S/C12H19NO4/c1-17-12(16)10-7-8(14)6-9(10)11(15)13-4-2-3-5-13/h8-10,14H,2-7H2,1H3/t8-,9+,10+/m0/s1. The number of aliphatic hydroxyl groups excluding tert-OH is 1. The van der Waals surface area contributed by atoms with Gasteiger partial charge in [-0.3, -0.25) is 9.59 Å².